The van der Waals surface area contributed by atoms with E-state index in [2.05, 4.69) is 15.6 Å². The number of fused-ring (bicyclic) bond motifs is 1. The number of rotatable bonds is 7. The van der Waals surface area contributed by atoms with Crippen LogP contribution in [0.2, 0.25) is 0 Å². The van der Waals surface area contributed by atoms with Crippen LogP contribution in [0.3, 0.4) is 0 Å². The largest absolute Gasteiger partial charge is 0.481 e. The Morgan fingerprint density at radius 2 is 1.59 bits per heavy atom. The third kappa shape index (κ3) is 6.49. The van der Waals surface area contributed by atoms with Crippen LogP contribution in [-0.4, -0.2) is 27.1 Å². The predicted octanol–water partition coefficient (Wildman–Crippen LogP) is 7.84. The smallest absolute Gasteiger partial charge is 0.418 e. The first-order valence-electron chi connectivity index (χ1n) is 12.2. The van der Waals surface area contributed by atoms with E-state index in [4.69, 9.17) is 10.1 Å². The minimum absolute atomic E-state index is 0.0359. The predicted molar refractivity (Wildman–Crippen MR) is 148 cm³/mol. The van der Waals surface area contributed by atoms with Gasteiger partial charge >= 0.3 is 18.2 Å². The fourth-order valence-electron chi connectivity index (χ4n) is 4.12. The van der Waals surface area contributed by atoms with Crippen molar-refractivity contribution in [1.82, 2.24) is 9.97 Å². The quantitative estimate of drug-likeness (QED) is 0.170. The molecule has 5 rings (SSSR count). The van der Waals surface area contributed by atoms with E-state index >= 15 is 0 Å². The summed E-state index contributed by atoms with van der Waals surface area (Å²) in [6.07, 6.45) is -4.40. The summed E-state index contributed by atoms with van der Waals surface area (Å²) >= 11 is 1.47. The number of halogens is 4. The topological polar surface area (TPSA) is 104 Å². The van der Waals surface area contributed by atoms with Crippen LogP contribution in [0.4, 0.5) is 33.7 Å². The van der Waals surface area contributed by atoms with Gasteiger partial charge in [-0.05, 0) is 53.8 Å². The van der Waals surface area contributed by atoms with Crippen molar-refractivity contribution in [2.75, 3.05) is 10.6 Å². The minimum Gasteiger partial charge on any atom is -0.481 e. The van der Waals surface area contributed by atoms with E-state index in [1.54, 1.807) is 24.3 Å². The highest BCUT2D eigenvalue weighted by molar-refractivity contribution is 7.17. The van der Waals surface area contributed by atoms with Gasteiger partial charge in [0.2, 0.25) is 0 Å². The van der Waals surface area contributed by atoms with Gasteiger partial charge in [-0.2, -0.15) is 13.2 Å². The molecule has 0 aliphatic heterocycles. The molecule has 0 bridgehead atoms. The summed E-state index contributed by atoms with van der Waals surface area (Å²) in [5.41, 5.74) is 2.22. The Hall–Kier alpha value is -4.84. The molecule has 2 heterocycles. The molecule has 41 heavy (non-hydrogen) atoms. The van der Waals surface area contributed by atoms with Crippen LogP contribution in [0.5, 0.6) is 0 Å². The number of amides is 2. The number of nitrogens with one attached hydrogen (secondary N) is 2. The molecule has 0 fully saturated rings. The van der Waals surface area contributed by atoms with E-state index in [0.717, 1.165) is 39.0 Å². The van der Waals surface area contributed by atoms with Crippen LogP contribution < -0.4 is 10.6 Å². The lowest BCUT2D eigenvalue weighted by molar-refractivity contribution is -0.137. The summed E-state index contributed by atoms with van der Waals surface area (Å²) in [6, 6.07) is 16.9. The average molecular weight is 581 g/mol. The summed E-state index contributed by atoms with van der Waals surface area (Å²) in [5, 5.41) is 15.4. The molecule has 2 amide bonds. The summed E-state index contributed by atoms with van der Waals surface area (Å²) in [4.78, 5) is 32.7. The third-order valence-electron chi connectivity index (χ3n) is 6.09. The number of carbonyl (C=O) groups is 2. The van der Waals surface area contributed by atoms with E-state index < -0.39 is 35.2 Å². The van der Waals surface area contributed by atoms with Gasteiger partial charge in [-0.1, -0.05) is 36.4 Å². The number of aryl methyl sites for hydroxylation is 1. The Labute approximate surface area is 234 Å². The lowest BCUT2D eigenvalue weighted by Gasteiger charge is -2.14. The van der Waals surface area contributed by atoms with Crippen LogP contribution in [0.1, 0.15) is 17.5 Å². The second kappa shape index (κ2) is 11.3. The normalized spacial score (nSPS) is 11.4. The highest BCUT2D eigenvalue weighted by atomic mass is 32.1. The first kappa shape index (κ1) is 27.7. The molecular formula is C29H20F4N4O3S. The average Bonchev–Trinajstić information content (AvgIpc) is 3.41. The Balaban J connectivity index is 1.35. The molecule has 12 heteroatoms. The lowest BCUT2D eigenvalue weighted by atomic mass is 10.1. The van der Waals surface area contributed by atoms with Gasteiger partial charge < -0.3 is 15.7 Å². The number of urea groups is 1. The van der Waals surface area contributed by atoms with Crippen LogP contribution in [0.25, 0.3) is 32.9 Å². The van der Waals surface area contributed by atoms with Crippen LogP contribution in [0.15, 0.2) is 78.2 Å². The molecule has 0 saturated carbocycles. The van der Waals surface area contributed by atoms with Crippen LogP contribution >= 0.6 is 11.3 Å². The SMILES string of the molecule is O=C(O)CCc1ccc(-c2nc(-c3ccc(NC(=O)Nc4ccc(F)cc4C(F)(F)F)cc3)c3sccc3n2)cc1. The van der Waals surface area contributed by atoms with Crippen molar-refractivity contribution in [2.24, 2.45) is 0 Å². The first-order chi connectivity index (χ1) is 19.6. The molecule has 3 aromatic carbocycles. The molecule has 208 valence electrons. The third-order valence-corrected chi connectivity index (χ3v) is 7.01. The van der Waals surface area contributed by atoms with Gasteiger partial charge in [-0.15, -0.1) is 11.3 Å². The number of thiophene rings is 1. The lowest BCUT2D eigenvalue weighted by Crippen LogP contribution is -2.22. The van der Waals surface area contributed by atoms with Gasteiger partial charge in [0.15, 0.2) is 5.82 Å². The number of carbonyl (C=O) groups excluding carboxylic acids is 1. The highest BCUT2D eigenvalue weighted by Crippen LogP contribution is 2.36. The summed E-state index contributed by atoms with van der Waals surface area (Å²) < 4.78 is 53.9. The van der Waals surface area contributed by atoms with Gasteiger partial charge in [0, 0.05) is 23.2 Å². The van der Waals surface area contributed by atoms with Crippen molar-refractivity contribution in [2.45, 2.75) is 19.0 Å². The fraction of sp³-hybridized carbons (Fsp3) is 0.103. The number of hydrogen-bond acceptors (Lipinski definition) is 5. The first-order valence-corrected chi connectivity index (χ1v) is 13.1. The maximum Gasteiger partial charge on any atom is 0.418 e. The van der Waals surface area contributed by atoms with Crippen molar-refractivity contribution in [3.05, 3.63) is 95.1 Å². The monoisotopic (exact) mass is 580 g/mol. The molecule has 3 N–H and O–H groups in total. The van der Waals surface area contributed by atoms with Gasteiger partial charge in [0.25, 0.3) is 0 Å². The molecule has 5 aromatic rings. The Kier molecular flexibility index (Phi) is 7.66. The molecule has 7 nitrogen and oxygen atoms in total. The molecule has 0 atom stereocenters. The van der Waals surface area contributed by atoms with Crippen molar-refractivity contribution < 1.29 is 32.3 Å². The summed E-state index contributed by atoms with van der Waals surface area (Å²) in [5.74, 6) is -1.45. The minimum atomic E-state index is -4.85. The number of carboxylic acid groups (broad SMARTS) is 1. The van der Waals surface area contributed by atoms with E-state index in [-0.39, 0.29) is 6.42 Å². The van der Waals surface area contributed by atoms with Crippen molar-refractivity contribution in [3.8, 4) is 22.6 Å². The van der Waals surface area contributed by atoms with Gasteiger partial charge in [0.1, 0.15) is 5.82 Å². The molecular weight excluding hydrogens is 560 g/mol. The van der Waals surface area contributed by atoms with Crippen molar-refractivity contribution >= 4 is 44.9 Å². The second-order valence-electron chi connectivity index (χ2n) is 8.97. The maximum absolute atomic E-state index is 13.4. The number of hydrogen-bond donors (Lipinski definition) is 3. The number of aromatic nitrogens is 2. The Bertz CT molecular complexity index is 1740. The zero-order valence-corrected chi connectivity index (χ0v) is 21.8. The number of anilines is 2. The van der Waals surface area contributed by atoms with Crippen molar-refractivity contribution in [3.63, 3.8) is 0 Å². The highest BCUT2D eigenvalue weighted by Gasteiger charge is 2.34. The fourth-order valence-corrected chi connectivity index (χ4v) is 4.96. The summed E-state index contributed by atoms with van der Waals surface area (Å²) in [6.45, 7) is 0. The molecule has 0 spiro atoms. The Morgan fingerprint density at radius 1 is 0.878 bits per heavy atom. The number of nitrogens with zero attached hydrogens (tertiary/aromatic N) is 2. The number of alkyl halides is 3. The zero-order chi connectivity index (χ0) is 29.1. The molecule has 0 radical (unpaired) electrons. The summed E-state index contributed by atoms with van der Waals surface area (Å²) in [7, 11) is 0. The molecule has 0 aliphatic carbocycles. The standard InChI is InChI=1S/C29H20F4N4O3S/c30-19-8-11-22(21(15-19)29(31,32)33)36-28(40)34-20-9-6-17(7-10-20)25-26-23(13-14-41-26)35-27(37-25)18-4-1-16(2-5-18)3-12-24(38)39/h1-2,4-11,13-15H,3,12H2,(H,38,39)(H2,34,36,40). The van der Waals surface area contributed by atoms with E-state index in [1.807, 2.05) is 35.7 Å². The molecule has 0 aliphatic rings. The zero-order valence-electron chi connectivity index (χ0n) is 21.0. The van der Waals surface area contributed by atoms with E-state index in [0.29, 0.717) is 29.7 Å². The van der Waals surface area contributed by atoms with E-state index in [9.17, 15) is 27.2 Å². The Morgan fingerprint density at radius 3 is 2.27 bits per heavy atom. The van der Waals surface area contributed by atoms with Crippen molar-refractivity contribution in [1.29, 1.82) is 0 Å². The van der Waals surface area contributed by atoms with E-state index in [1.165, 1.54) is 11.3 Å². The number of aliphatic carboxylic acids is 1. The number of carboxylic acids is 1. The molecule has 0 unspecified atom stereocenters. The van der Waals surface area contributed by atoms with Gasteiger partial charge in [-0.3, -0.25) is 4.79 Å². The second-order valence-corrected chi connectivity index (χ2v) is 9.88. The molecule has 2 aromatic heterocycles. The van der Waals surface area contributed by atoms with Crippen LogP contribution in [-0.2, 0) is 17.4 Å². The molecule has 0 saturated heterocycles. The maximum atomic E-state index is 13.4. The van der Waals surface area contributed by atoms with Gasteiger partial charge in [0.05, 0.1) is 27.2 Å². The van der Waals surface area contributed by atoms with Gasteiger partial charge in [-0.25, -0.2) is 19.2 Å². The van der Waals surface area contributed by atoms with Crippen LogP contribution in [0, 0.1) is 5.82 Å². The number of benzene rings is 3.